The van der Waals surface area contributed by atoms with Gasteiger partial charge in [0.15, 0.2) is 11.4 Å². The van der Waals surface area contributed by atoms with Crippen LogP contribution < -0.4 is 0 Å². The number of halogens is 3. The molecule has 7 heteroatoms. The number of rotatable bonds is 1. The second-order valence-electron chi connectivity index (χ2n) is 4.75. The van der Waals surface area contributed by atoms with Crippen LogP contribution >= 0.6 is 12.9 Å². The summed E-state index contributed by atoms with van der Waals surface area (Å²) >= 11 is 3.67. The maximum atomic E-state index is 12.6. The monoisotopic (exact) mass is 282 g/mol. The third-order valence-corrected chi connectivity index (χ3v) is 3.88. The zero-order valence-corrected chi connectivity index (χ0v) is 10.6. The van der Waals surface area contributed by atoms with Crippen molar-refractivity contribution in [3.8, 4) is 0 Å². The Hall–Kier alpha value is -0.850. The standard InChI is InChI=1S/C11H13F3O3S/c1-6-8(17-18)10(16-9(6)15)4-2-7(3-5-10)11(12,13)14/h7,18H,2-5H2,1H3. The van der Waals surface area contributed by atoms with Crippen LogP contribution in [0.3, 0.4) is 0 Å². The first-order valence-electron chi connectivity index (χ1n) is 5.63. The van der Waals surface area contributed by atoms with Crippen LogP contribution in [0.1, 0.15) is 32.6 Å². The van der Waals surface area contributed by atoms with E-state index in [-0.39, 0.29) is 37.0 Å². The Kier molecular flexibility index (Phi) is 3.29. The largest absolute Gasteiger partial charge is 0.447 e. The van der Waals surface area contributed by atoms with Gasteiger partial charge >= 0.3 is 12.1 Å². The lowest BCUT2D eigenvalue weighted by atomic mass is 9.77. The summed E-state index contributed by atoms with van der Waals surface area (Å²) in [6, 6.07) is 0. The number of esters is 1. The van der Waals surface area contributed by atoms with E-state index in [1.165, 1.54) is 6.92 Å². The van der Waals surface area contributed by atoms with Crippen LogP contribution in [-0.4, -0.2) is 17.7 Å². The molecule has 0 radical (unpaired) electrons. The fourth-order valence-electron chi connectivity index (χ4n) is 2.63. The summed E-state index contributed by atoms with van der Waals surface area (Å²) in [5.41, 5.74) is -0.750. The van der Waals surface area contributed by atoms with Gasteiger partial charge in [-0.1, -0.05) is 0 Å². The van der Waals surface area contributed by atoms with Crippen molar-refractivity contribution in [2.45, 2.75) is 44.4 Å². The Morgan fingerprint density at radius 3 is 2.39 bits per heavy atom. The predicted molar refractivity (Wildman–Crippen MR) is 59.6 cm³/mol. The molecule has 1 aliphatic carbocycles. The highest BCUT2D eigenvalue weighted by Crippen LogP contribution is 2.49. The SMILES string of the molecule is CC1=C(OS)C2(CCC(C(F)(F)F)CC2)OC1=O. The van der Waals surface area contributed by atoms with Gasteiger partial charge in [0.25, 0.3) is 0 Å². The molecule has 0 aromatic carbocycles. The quantitative estimate of drug-likeness (QED) is 0.456. The molecule has 102 valence electrons. The molecule has 2 rings (SSSR count). The summed E-state index contributed by atoms with van der Waals surface area (Å²) in [5, 5.41) is 0. The molecular formula is C11H13F3O3S. The Morgan fingerprint density at radius 1 is 1.39 bits per heavy atom. The number of alkyl halides is 3. The van der Waals surface area contributed by atoms with E-state index < -0.39 is 23.7 Å². The number of hydrogen-bond donors (Lipinski definition) is 1. The summed E-state index contributed by atoms with van der Waals surface area (Å²) in [6.07, 6.45) is -4.08. The van der Waals surface area contributed by atoms with E-state index in [4.69, 9.17) is 8.92 Å². The highest BCUT2D eigenvalue weighted by molar-refractivity contribution is 7.75. The van der Waals surface area contributed by atoms with E-state index >= 15 is 0 Å². The highest BCUT2D eigenvalue weighted by Gasteiger charge is 2.53. The molecule has 0 unspecified atom stereocenters. The van der Waals surface area contributed by atoms with Crippen molar-refractivity contribution < 1.29 is 26.9 Å². The van der Waals surface area contributed by atoms with Crippen LogP contribution in [0.2, 0.25) is 0 Å². The second-order valence-corrected chi connectivity index (χ2v) is 4.93. The Bertz CT molecular complexity index is 395. The Labute approximate surface area is 108 Å². The smallest absolute Gasteiger partial charge is 0.391 e. The molecule has 3 nitrogen and oxygen atoms in total. The number of carbonyl (C=O) groups is 1. The van der Waals surface area contributed by atoms with E-state index in [9.17, 15) is 18.0 Å². The van der Waals surface area contributed by atoms with Crippen molar-refractivity contribution in [2.75, 3.05) is 0 Å². The maximum Gasteiger partial charge on any atom is 0.391 e. The minimum absolute atomic E-state index is 0.0648. The molecule has 1 aliphatic heterocycles. The van der Waals surface area contributed by atoms with E-state index in [1.807, 2.05) is 0 Å². The van der Waals surface area contributed by atoms with Crippen molar-refractivity contribution in [3.05, 3.63) is 11.3 Å². The van der Waals surface area contributed by atoms with Crippen molar-refractivity contribution in [2.24, 2.45) is 5.92 Å². The van der Waals surface area contributed by atoms with Crippen molar-refractivity contribution in [1.82, 2.24) is 0 Å². The summed E-state index contributed by atoms with van der Waals surface area (Å²) in [4.78, 5) is 11.5. The second kappa shape index (κ2) is 4.36. The molecular weight excluding hydrogens is 269 g/mol. The van der Waals surface area contributed by atoms with Gasteiger partial charge in [-0.05, 0) is 32.6 Å². The summed E-state index contributed by atoms with van der Waals surface area (Å²) in [7, 11) is 0. The molecule has 0 N–H and O–H groups in total. The number of hydrogen-bond acceptors (Lipinski definition) is 4. The molecule has 0 aromatic rings. The molecule has 1 spiro atoms. The van der Waals surface area contributed by atoms with Gasteiger partial charge in [-0.3, -0.25) is 0 Å². The third kappa shape index (κ3) is 2.08. The van der Waals surface area contributed by atoms with Gasteiger partial charge in [0, 0.05) is 12.9 Å². The molecule has 0 aromatic heterocycles. The van der Waals surface area contributed by atoms with Crippen LogP contribution in [0, 0.1) is 5.92 Å². The topological polar surface area (TPSA) is 35.5 Å². The average molecular weight is 282 g/mol. The summed E-state index contributed by atoms with van der Waals surface area (Å²) < 4.78 is 47.8. The normalized spacial score (nSPS) is 32.9. The number of carbonyl (C=O) groups excluding carboxylic acids is 1. The van der Waals surface area contributed by atoms with Crippen LogP contribution in [0.5, 0.6) is 0 Å². The summed E-state index contributed by atoms with van der Waals surface area (Å²) in [6.45, 7) is 1.53. The molecule has 1 fully saturated rings. The molecule has 1 heterocycles. The van der Waals surface area contributed by atoms with Gasteiger partial charge in [-0.15, -0.1) is 0 Å². The fraction of sp³-hybridized carbons (Fsp3) is 0.727. The molecule has 0 bridgehead atoms. The van der Waals surface area contributed by atoms with Gasteiger partial charge < -0.3 is 8.92 Å². The van der Waals surface area contributed by atoms with E-state index in [0.717, 1.165) is 0 Å². The van der Waals surface area contributed by atoms with Gasteiger partial charge in [-0.2, -0.15) is 13.2 Å². The lowest BCUT2D eigenvalue weighted by molar-refractivity contribution is -0.193. The van der Waals surface area contributed by atoms with Crippen LogP contribution in [-0.2, 0) is 13.7 Å². The first kappa shape index (κ1) is 13.6. The predicted octanol–water partition coefficient (Wildman–Crippen LogP) is 3.17. The van der Waals surface area contributed by atoms with Crippen molar-refractivity contribution >= 4 is 18.9 Å². The van der Waals surface area contributed by atoms with Gasteiger partial charge in [0.1, 0.15) is 0 Å². The zero-order chi connectivity index (χ0) is 13.6. The lowest BCUT2D eigenvalue weighted by Gasteiger charge is -2.37. The third-order valence-electron chi connectivity index (χ3n) is 3.70. The number of ether oxygens (including phenoxy) is 1. The first-order chi connectivity index (χ1) is 8.30. The molecule has 0 atom stereocenters. The minimum atomic E-state index is -4.19. The lowest BCUT2D eigenvalue weighted by Crippen LogP contribution is -2.40. The van der Waals surface area contributed by atoms with Crippen LogP contribution in [0.15, 0.2) is 11.3 Å². The van der Waals surface area contributed by atoms with Gasteiger partial charge in [0.05, 0.1) is 11.5 Å². The van der Waals surface area contributed by atoms with Gasteiger partial charge in [0.2, 0.25) is 0 Å². The molecule has 0 saturated heterocycles. The van der Waals surface area contributed by atoms with Crippen LogP contribution in [0.25, 0.3) is 0 Å². The van der Waals surface area contributed by atoms with E-state index in [0.29, 0.717) is 0 Å². The average Bonchev–Trinajstić information content (AvgIpc) is 2.50. The Balaban J connectivity index is 2.16. The number of thiol groups is 1. The van der Waals surface area contributed by atoms with Crippen molar-refractivity contribution in [1.29, 1.82) is 0 Å². The zero-order valence-electron chi connectivity index (χ0n) is 9.71. The Morgan fingerprint density at radius 2 is 1.94 bits per heavy atom. The summed E-state index contributed by atoms with van der Waals surface area (Å²) in [5.74, 6) is -1.61. The van der Waals surface area contributed by atoms with Crippen molar-refractivity contribution in [3.63, 3.8) is 0 Å². The highest BCUT2D eigenvalue weighted by atomic mass is 32.1. The first-order valence-corrected chi connectivity index (χ1v) is 5.99. The molecule has 1 saturated carbocycles. The molecule has 0 amide bonds. The minimum Gasteiger partial charge on any atom is -0.447 e. The molecule has 18 heavy (non-hydrogen) atoms. The van der Waals surface area contributed by atoms with E-state index in [2.05, 4.69) is 12.9 Å². The molecule has 2 aliphatic rings. The van der Waals surface area contributed by atoms with Gasteiger partial charge in [-0.25, -0.2) is 4.79 Å². The van der Waals surface area contributed by atoms with Crippen LogP contribution in [0.4, 0.5) is 13.2 Å². The maximum absolute atomic E-state index is 12.6. The van der Waals surface area contributed by atoms with E-state index in [1.54, 1.807) is 0 Å². The fourth-order valence-corrected chi connectivity index (χ4v) is 2.93.